The van der Waals surface area contributed by atoms with Crippen molar-refractivity contribution in [2.45, 2.75) is 31.9 Å². The van der Waals surface area contributed by atoms with E-state index in [2.05, 4.69) is 15.3 Å². The highest BCUT2D eigenvalue weighted by Gasteiger charge is 2.31. The predicted molar refractivity (Wildman–Crippen MR) is 152 cm³/mol. The first-order valence-electron chi connectivity index (χ1n) is 13.6. The molecule has 1 aliphatic heterocycles. The number of anilines is 2. The molecule has 0 aliphatic carbocycles. The Bertz CT molecular complexity index is 1600. The van der Waals surface area contributed by atoms with E-state index >= 15 is 0 Å². The van der Waals surface area contributed by atoms with Gasteiger partial charge in [0.1, 0.15) is 28.7 Å². The van der Waals surface area contributed by atoms with Gasteiger partial charge in [-0.15, -0.1) is 0 Å². The quantitative estimate of drug-likeness (QED) is 0.334. The minimum atomic E-state index is -4.55. The lowest BCUT2D eigenvalue weighted by Gasteiger charge is -2.33. The number of pyridine rings is 1. The van der Waals surface area contributed by atoms with Crippen LogP contribution in [0.25, 0.3) is 16.8 Å². The van der Waals surface area contributed by atoms with Crippen molar-refractivity contribution in [1.29, 1.82) is 0 Å². The average molecular weight is 581 g/mol. The molecule has 0 spiro atoms. The van der Waals surface area contributed by atoms with Crippen molar-refractivity contribution in [2.24, 2.45) is 0 Å². The van der Waals surface area contributed by atoms with E-state index in [1.54, 1.807) is 36.7 Å². The van der Waals surface area contributed by atoms with Gasteiger partial charge in [-0.1, -0.05) is 19.1 Å². The van der Waals surface area contributed by atoms with Crippen molar-refractivity contribution >= 4 is 29.0 Å². The standard InChI is InChI=1S/C29H31F3N8O2/c1-3-38(2)17-23(41)39-13-4-5-20(16-39)27-37-24(25-26(33)35-12-14-40(25)27)18-6-8-19(9-7-18)28(42)36-22-15-21(10-11-34-22)29(30,31)32/h6-12,14-15,20H,3-5,13,16-17H2,1-2H3,(H2,33,35)(H,34,36,42). The second-order valence-electron chi connectivity index (χ2n) is 10.3. The number of fused-ring (bicyclic) bond motifs is 1. The number of likely N-dealkylation sites (tertiary alicyclic amines) is 1. The first-order chi connectivity index (χ1) is 20.0. The lowest BCUT2D eigenvalue weighted by molar-refractivity contribution is -0.137. The number of amides is 2. The van der Waals surface area contributed by atoms with Gasteiger partial charge in [0.2, 0.25) is 5.91 Å². The van der Waals surface area contributed by atoms with E-state index in [-0.39, 0.29) is 29.0 Å². The molecule has 0 saturated carbocycles. The lowest BCUT2D eigenvalue weighted by atomic mass is 9.97. The van der Waals surface area contributed by atoms with Crippen LogP contribution in [-0.2, 0) is 11.0 Å². The first kappa shape index (κ1) is 29.0. The molecule has 4 heterocycles. The van der Waals surface area contributed by atoms with Gasteiger partial charge in [0.25, 0.3) is 5.91 Å². The van der Waals surface area contributed by atoms with Crippen molar-refractivity contribution in [3.63, 3.8) is 0 Å². The van der Waals surface area contributed by atoms with Gasteiger partial charge >= 0.3 is 6.18 Å². The van der Waals surface area contributed by atoms with Crippen molar-refractivity contribution in [3.8, 4) is 11.3 Å². The summed E-state index contributed by atoms with van der Waals surface area (Å²) in [6, 6.07) is 8.13. The fraction of sp³-hybridized carbons (Fsp3) is 0.345. The van der Waals surface area contributed by atoms with E-state index in [1.807, 2.05) is 28.2 Å². The van der Waals surface area contributed by atoms with Crippen LogP contribution >= 0.6 is 0 Å². The minimum Gasteiger partial charge on any atom is -0.382 e. The molecular weight excluding hydrogens is 549 g/mol. The molecule has 3 aromatic heterocycles. The van der Waals surface area contributed by atoms with Gasteiger partial charge in [0, 0.05) is 48.7 Å². The molecule has 220 valence electrons. The van der Waals surface area contributed by atoms with Gasteiger partial charge in [-0.2, -0.15) is 13.2 Å². The number of nitrogens with one attached hydrogen (secondary N) is 1. The van der Waals surface area contributed by atoms with Crippen LogP contribution in [0.5, 0.6) is 0 Å². The molecule has 1 aliphatic rings. The summed E-state index contributed by atoms with van der Waals surface area (Å²) in [7, 11) is 1.92. The molecule has 10 nitrogen and oxygen atoms in total. The molecule has 1 fully saturated rings. The van der Waals surface area contributed by atoms with Crippen LogP contribution in [0.1, 0.15) is 47.4 Å². The molecule has 0 radical (unpaired) electrons. The summed E-state index contributed by atoms with van der Waals surface area (Å²) in [6.07, 6.45) is 1.55. The Labute approximate surface area is 240 Å². The van der Waals surface area contributed by atoms with Crippen molar-refractivity contribution in [1.82, 2.24) is 29.2 Å². The third-order valence-electron chi connectivity index (χ3n) is 7.44. The number of piperidine rings is 1. The zero-order valence-electron chi connectivity index (χ0n) is 23.2. The third-order valence-corrected chi connectivity index (χ3v) is 7.44. The minimum absolute atomic E-state index is 0.0114. The predicted octanol–water partition coefficient (Wildman–Crippen LogP) is 4.30. The second kappa shape index (κ2) is 11.8. The highest BCUT2D eigenvalue weighted by Crippen LogP contribution is 2.34. The molecule has 1 aromatic carbocycles. The van der Waals surface area contributed by atoms with Crippen LogP contribution in [0.2, 0.25) is 0 Å². The SMILES string of the molecule is CCN(C)CC(=O)N1CCCC(c2nc(-c3ccc(C(=O)Nc4cc(C(F)(F)F)ccn4)cc3)c3c(N)nccn23)C1. The summed E-state index contributed by atoms with van der Waals surface area (Å²) < 4.78 is 41.0. The van der Waals surface area contributed by atoms with Gasteiger partial charge in [0.15, 0.2) is 0 Å². The maximum atomic E-state index is 13.0. The van der Waals surface area contributed by atoms with Crippen LogP contribution in [0.4, 0.5) is 24.8 Å². The number of hydrogen-bond donors (Lipinski definition) is 2. The number of rotatable bonds is 7. The monoisotopic (exact) mass is 580 g/mol. The van der Waals surface area contributed by atoms with Crippen molar-refractivity contribution < 1.29 is 22.8 Å². The number of carbonyl (C=O) groups is 2. The molecule has 42 heavy (non-hydrogen) atoms. The number of nitrogens with two attached hydrogens (primary N) is 1. The van der Waals surface area contributed by atoms with E-state index in [1.165, 1.54) is 0 Å². The number of alkyl halides is 3. The summed E-state index contributed by atoms with van der Waals surface area (Å²) in [5.74, 6) is 0.322. The summed E-state index contributed by atoms with van der Waals surface area (Å²) in [6.45, 7) is 4.39. The largest absolute Gasteiger partial charge is 0.416 e. The summed E-state index contributed by atoms with van der Waals surface area (Å²) in [4.78, 5) is 42.5. The number of imidazole rings is 1. The Morgan fingerprint density at radius 2 is 1.90 bits per heavy atom. The van der Waals surface area contributed by atoms with Gasteiger partial charge in [-0.25, -0.2) is 15.0 Å². The van der Waals surface area contributed by atoms with Gasteiger partial charge in [-0.3, -0.25) is 18.9 Å². The maximum Gasteiger partial charge on any atom is 0.416 e. The van der Waals surface area contributed by atoms with E-state index in [0.29, 0.717) is 36.4 Å². The number of carbonyl (C=O) groups excluding carboxylic acids is 2. The molecule has 0 bridgehead atoms. The second-order valence-corrected chi connectivity index (χ2v) is 10.3. The molecule has 13 heteroatoms. The summed E-state index contributed by atoms with van der Waals surface area (Å²) in [5.41, 5.74) is 7.50. The Morgan fingerprint density at radius 3 is 2.62 bits per heavy atom. The van der Waals surface area contributed by atoms with Gasteiger partial charge in [-0.05, 0) is 50.7 Å². The first-order valence-corrected chi connectivity index (χ1v) is 13.6. The topological polar surface area (TPSA) is 122 Å². The molecule has 1 atom stereocenters. The molecular formula is C29H31F3N8O2. The highest BCUT2D eigenvalue weighted by atomic mass is 19.4. The van der Waals surface area contributed by atoms with Crippen LogP contribution < -0.4 is 11.1 Å². The number of nitrogens with zero attached hydrogens (tertiary/aromatic N) is 6. The van der Waals surface area contributed by atoms with Crippen LogP contribution in [0.3, 0.4) is 0 Å². The maximum absolute atomic E-state index is 13.0. The smallest absolute Gasteiger partial charge is 0.382 e. The lowest BCUT2D eigenvalue weighted by Crippen LogP contribution is -2.44. The van der Waals surface area contributed by atoms with E-state index in [9.17, 15) is 22.8 Å². The van der Waals surface area contributed by atoms with E-state index < -0.39 is 17.6 Å². The van der Waals surface area contributed by atoms with Crippen LogP contribution in [0, 0.1) is 0 Å². The highest BCUT2D eigenvalue weighted by molar-refractivity contribution is 6.04. The van der Waals surface area contributed by atoms with Gasteiger partial charge < -0.3 is 16.0 Å². The van der Waals surface area contributed by atoms with Crippen molar-refractivity contribution in [2.75, 3.05) is 44.3 Å². The number of benzene rings is 1. The van der Waals surface area contributed by atoms with Gasteiger partial charge in [0.05, 0.1) is 12.1 Å². The fourth-order valence-electron chi connectivity index (χ4n) is 5.08. The number of hydrogen-bond acceptors (Lipinski definition) is 7. The van der Waals surface area contributed by atoms with Crippen LogP contribution in [-0.4, -0.2) is 74.2 Å². The number of nitrogen functional groups attached to an aromatic ring is 1. The fourth-order valence-corrected chi connectivity index (χ4v) is 5.08. The number of likely N-dealkylation sites (N-methyl/N-ethyl adjacent to an activating group) is 1. The molecule has 4 aromatic rings. The summed E-state index contributed by atoms with van der Waals surface area (Å²) >= 11 is 0. The normalized spacial score (nSPS) is 15.8. The Kier molecular flexibility index (Phi) is 8.12. The molecule has 5 rings (SSSR count). The molecule has 1 saturated heterocycles. The number of aromatic nitrogens is 4. The average Bonchev–Trinajstić information content (AvgIpc) is 3.38. The van der Waals surface area contributed by atoms with Crippen molar-refractivity contribution in [3.05, 3.63) is 71.9 Å². The molecule has 2 amide bonds. The molecule has 1 unspecified atom stereocenters. The summed E-state index contributed by atoms with van der Waals surface area (Å²) in [5, 5.41) is 2.41. The van der Waals surface area contributed by atoms with E-state index in [4.69, 9.17) is 10.7 Å². The Balaban J connectivity index is 1.40. The third kappa shape index (κ3) is 6.05. The number of halogens is 3. The Morgan fingerprint density at radius 1 is 1.14 bits per heavy atom. The molecule has 3 N–H and O–H groups in total. The zero-order valence-corrected chi connectivity index (χ0v) is 23.2. The Hall–Kier alpha value is -4.52. The van der Waals surface area contributed by atoms with E-state index in [0.717, 1.165) is 43.5 Å². The zero-order chi connectivity index (χ0) is 30.0. The van der Waals surface area contributed by atoms with Crippen LogP contribution in [0.15, 0.2) is 55.0 Å².